The second-order valence-electron chi connectivity index (χ2n) is 6.39. The lowest BCUT2D eigenvalue weighted by molar-refractivity contribution is 0.407. The van der Waals surface area contributed by atoms with Crippen molar-refractivity contribution in [2.24, 2.45) is 5.41 Å². The van der Waals surface area contributed by atoms with Crippen molar-refractivity contribution in [2.75, 3.05) is 0 Å². The van der Waals surface area contributed by atoms with Crippen molar-refractivity contribution in [1.82, 2.24) is 9.78 Å². The van der Waals surface area contributed by atoms with E-state index < -0.39 is 0 Å². The van der Waals surface area contributed by atoms with Crippen LogP contribution in [-0.4, -0.2) is 9.78 Å². The molecule has 0 saturated carbocycles. The standard InChI is InChI=1S/C17H21ClN2/c1-13(11-17(2,3)4)10-14-12-20(19-16(14)18)15-8-6-5-7-9-15/h5-9,12H,1,10-11H2,2-4H3. The number of para-hydroxylation sites is 1. The molecule has 0 saturated heterocycles. The van der Waals surface area contributed by atoms with E-state index in [1.165, 1.54) is 5.57 Å². The highest BCUT2D eigenvalue weighted by molar-refractivity contribution is 6.30. The Morgan fingerprint density at radius 2 is 1.90 bits per heavy atom. The summed E-state index contributed by atoms with van der Waals surface area (Å²) in [5.41, 5.74) is 3.48. The molecule has 0 fully saturated rings. The van der Waals surface area contributed by atoms with E-state index in [1.54, 1.807) is 0 Å². The minimum Gasteiger partial charge on any atom is -0.239 e. The third kappa shape index (κ3) is 3.97. The smallest absolute Gasteiger partial charge is 0.155 e. The SMILES string of the molecule is C=C(Cc1cn(-c2ccccc2)nc1Cl)CC(C)(C)C. The Labute approximate surface area is 126 Å². The molecule has 0 aliphatic heterocycles. The van der Waals surface area contributed by atoms with Crippen LogP contribution in [0.2, 0.25) is 5.15 Å². The molecule has 0 amide bonds. The first-order chi connectivity index (χ1) is 9.35. The summed E-state index contributed by atoms with van der Waals surface area (Å²) in [5, 5.41) is 4.93. The van der Waals surface area contributed by atoms with Gasteiger partial charge in [-0.05, 0) is 30.4 Å². The van der Waals surface area contributed by atoms with Gasteiger partial charge in [0.05, 0.1) is 5.69 Å². The molecule has 1 aromatic heterocycles. The Kier molecular flexibility index (Phi) is 4.34. The normalized spacial score (nSPS) is 11.6. The van der Waals surface area contributed by atoms with Crippen LogP contribution in [0, 0.1) is 5.41 Å². The van der Waals surface area contributed by atoms with Crippen LogP contribution in [0.15, 0.2) is 48.7 Å². The average Bonchev–Trinajstić information content (AvgIpc) is 2.70. The average molecular weight is 289 g/mol. The number of hydrogen-bond donors (Lipinski definition) is 0. The summed E-state index contributed by atoms with van der Waals surface area (Å²) in [7, 11) is 0. The Balaban J connectivity index is 2.15. The summed E-state index contributed by atoms with van der Waals surface area (Å²) in [5.74, 6) is 0. The topological polar surface area (TPSA) is 17.8 Å². The minimum atomic E-state index is 0.249. The highest BCUT2D eigenvalue weighted by Crippen LogP contribution is 2.27. The molecule has 20 heavy (non-hydrogen) atoms. The fourth-order valence-corrected chi connectivity index (χ4v) is 2.50. The Hall–Kier alpha value is -1.54. The van der Waals surface area contributed by atoms with E-state index in [1.807, 2.05) is 41.2 Å². The molecular weight excluding hydrogens is 268 g/mol. The maximum Gasteiger partial charge on any atom is 0.155 e. The number of halogens is 1. The molecule has 0 atom stereocenters. The summed E-state index contributed by atoms with van der Waals surface area (Å²) < 4.78 is 1.82. The van der Waals surface area contributed by atoms with E-state index in [0.29, 0.717) is 5.15 Å². The molecule has 0 radical (unpaired) electrons. The van der Waals surface area contributed by atoms with Gasteiger partial charge in [0.25, 0.3) is 0 Å². The minimum absolute atomic E-state index is 0.249. The summed E-state index contributed by atoms with van der Waals surface area (Å²) in [6.07, 6.45) is 3.76. The number of aromatic nitrogens is 2. The lowest BCUT2D eigenvalue weighted by Crippen LogP contribution is -2.07. The van der Waals surface area contributed by atoms with Crippen LogP contribution in [-0.2, 0) is 6.42 Å². The van der Waals surface area contributed by atoms with E-state index in [9.17, 15) is 0 Å². The summed E-state index contributed by atoms with van der Waals surface area (Å²) in [6, 6.07) is 9.99. The molecule has 0 bridgehead atoms. The Bertz CT molecular complexity index is 591. The molecule has 2 nitrogen and oxygen atoms in total. The number of allylic oxidation sites excluding steroid dienone is 1. The maximum atomic E-state index is 6.24. The molecule has 0 unspecified atom stereocenters. The first-order valence-corrected chi connectivity index (χ1v) is 7.19. The van der Waals surface area contributed by atoms with Crippen LogP contribution in [0.5, 0.6) is 0 Å². The predicted octanol–water partition coefficient (Wildman–Crippen LogP) is 5.06. The van der Waals surface area contributed by atoms with Crippen LogP contribution in [0.3, 0.4) is 0 Å². The molecular formula is C17H21ClN2. The highest BCUT2D eigenvalue weighted by Gasteiger charge is 2.15. The van der Waals surface area contributed by atoms with Crippen LogP contribution >= 0.6 is 11.6 Å². The van der Waals surface area contributed by atoms with E-state index in [2.05, 4.69) is 32.4 Å². The number of rotatable bonds is 4. The van der Waals surface area contributed by atoms with Gasteiger partial charge in [0, 0.05) is 11.8 Å². The summed E-state index contributed by atoms with van der Waals surface area (Å²) >= 11 is 6.24. The zero-order valence-electron chi connectivity index (χ0n) is 12.4. The first-order valence-electron chi connectivity index (χ1n) is 6.81. The number of nitrogens with zero attached hydrogens (tertiary/aromatic N) is 2. The lowest BCUT2D eigenvalue weighted by atomic mass is 9.87. The van der Waals surface area contributed by atoms with Crippen LogP contribution < -0.4 is 0 Å². The molecule has 0 aliphatic rings. The Morgan fingerprint density at radius 1 is 1.25 bits per heavy atom. The maximum absolute atomic E-state index is 6.24. The van der Waals surface area contributed by atoms with Crippen molar-refractivity contribution in [3.8, 4) is 5.69 Å². The van der Waals surface area contributed by atoms with Crippen LogP contribution in [0.25, 0.3) is 5.69 Å². The molecule has 2 aromatic rings. The third-order valence-corrected chi connectivity index (χ3v) is 3.30. The van der Waals surface area contributed by atoms with E-state index in [4.69, 9.17) is 11.6 Å². The predicted molar refractivity (Wildman–Crippen MR) is 85.5 cm³/mol. The van der Waals surface area contributed by atoms with Gasteiger partial charge < -0.3 is 0 Å². The van der Waals surface area contributed by atoms with Crippen molar-refractivity contribution in [2.45, 2.75) is 33.6 Å². The molecule has 3 heteroatoms. The van der Waals surface area contributed by atoms with Gasteiger partial charge in [0.15, 0.2) is 5.15 Å². The fourth-order valence-electron chi connectivity index (χ4n) is 2.30. The Morgan fingerprint density at radius 3 is 2.50 bits per heavy atom. The van der Waals surface area contributed by atoms with Crippen molar-refractivity contribution < 1.29 is 0 Å². The van der Waals surface area contributed by atoms with Crippen LogP contribution in [0.4, 0.5) is 0 Å². The quantitative estimate of drug-likeness (QED) is 0.719. The molecule has 2 rings (SSSR count). The zero-order chi connectivity index (χ0) is 14.8. The second-order valence-corrected chi connectivity index (χ2v) is 6.75. The van der Waals surface area contributed by atoms with Crippen molar-refractivity contribution >= 4 is 11.6 Å². The molecule has 1 heterocycles. The number of benzene rings is 1. The highest BCUT2D eigenvalue weighted by atomic mass is 35.5. The van der Waals surface area contributed by atoms with Crippen LogP contribution in [0.1, 0.15) is 32.8 Å². The molecule has 0 N–H and O–H groups in total. The van der Waals surface area contributed by atoms with Crippen molar-refractivity contribution in [3.63, 3.8) is 0 Å². The third-order valence-electron chi connectivity index (χ3n) is 2.98. The van der Waals surface area contributed by atoms with Gasteiger partial charge in [0.1, 0.15) is 0 Å². The monoisotopic (exact) mass is 288 g/mol. The van der Waals surface area contributed by atoms with E-state index >= 15 is 0 Å². The van der Waals surface area contributed by atoms with Gasteiger partial charge >= 0.3 is 0 Å². The van der Waals surface area contributed by atoms with E-state index in [0.717, 1.165) is 24.1 Å². The molecule has 106 valence electrons. The van der Waals surface area contributed by atoms with Crippen molar-refractivity contribution in [1.29, 1.82) is 0 Å². The van der Waals surface area contributed by atoms with Gasteiger partial charge in [0.2, 0.25) is 0 Å². The van der Waals surface area contributed by atoms with Gasteiger partial charge in [-0.25, -0.2) is 4.68 Å². The summed E-state index contributed by atoms with van der Waals surface area (Å²) in [4.78, 5) is 0. The largest absolute Gasteiger partial charge is 0.239 e. The van der Waals surface area contributed by atoms with Gasteiger partial charge in [-0.3, -0.25) is 0 Å². The van der Waals surface area contributed by atoms with Gasteiger partial charge in [-0.2, -0.15) is 5.10 Å². The zero-order valence-corrected chi connectivity index (χ0v) is 13.1. The molecule has 0 aliphatic carbocycles. The fraction of sp³-hybridized carbons (Fsp3) is 0.353. The summed E-state index contributed by atoms with van der Waals surface area (Å²) in [6.45, 7) is 10.8. The number of hydrogen-bond acceptors (Lipinski definition) is 1. The van der Waals surface area contributed by atoms with Gasteiger partial charge in [-0.15, -0.1) is 0 Å². The molecule has 0 spiro atoms. The second kappa shape index (κ2) is 5.84. The van der Waals surface area contributed by atoms with Crippen molar-refractivity contribution in [3.05, 3.63) is 59.4 Å². The van der Waals surface area contributed by atoms with Gasteiger partial charge in [-0.1, -0.05) is 62.7 Å². The first kappa shape index (κ1) is 14.9. The molecule has 1 aromatic carbocycles. The van der Waals surface area contributed by atoms with E-state index in [-0.39, 0.29) is 5.41 Å². The lowest BCUT2D eigenvalue weighted by Gasteiger charge is -2.19.